The summed E-state index contributed by atoms with van der Waals surface area (Å²) < 4.78 is 22.5. The average molecular weight is 530 g/mol. The smallest absolute Gasteiger partial charge is 0.300 e. The van der Waals surface area contributed by atoms with Gasteiger partial charge < -0.3 is 24.1 Å². The summed E-state index contributed by atoms with van der Waals surface area (Å²) >= 11 is 0. The van der Waals surface area contributed by atoms with Crippen molar-refractivity contribution < 1.29 is 33.6 Å². The van der Waals surface area contributed by atoms with Crippen molar-refractivity contribution in [3.05, 3.63) is 83.4 Å². The van der Waals surface area contributed by atoms with Gasteiger partial charge in [-0.2, -0.15) is 0 Å². The number of hydrogen-bond acceptors (Lipinski definition) is 7. The Balaban J connectivity index is 1.62. The molecule has 0 spiro atoms. The quantitative estimate of drug-likeness (QED) is 0.222. The number of hydrogen-bond donors (Lipinski definition) is 1. The summed E-state index contributed by atoms with van der Waals surface area (Å²) in [5, 5.41) is 11.5. The zero-order valence-corrected chi connectivity index (χ0v) is 22.3. The highest BCUT2D eigenvalue weighted by Crippen LogP contribution is 2.45. The monoisotopic (exact) mass is 529 g/mol. The van der Waals surface area contributed by atoms with Gasteiger partial charge in [-0.15, -0.1) is 0 Å². The number of benzene rings is 3. The van der Waals surface area contributed by atoms with Gasteiger partial charge >= 0.3 is 0 Å². The van der Waals surface area contributed by atoms with Gasteiger partial charge in [-0.05, 0) is 61.7 Å². The SMILES string of the molecule is CC(C)COc1cccc(/C(O)=C2\C(=O)C(=O)N(c3ccc4c(c3)OCO4)C2c2ccc(OC(C)C)cc2)c1. The van der Waals surface area contributed by atoms with Crippen molar-refractivity contribution in [3.8, 4) is 23.0 Å². The van der Waals surface area contributed by atoms with Crippen LogP contribution in [0.15, 0.2) is 72.3 Å². The molecule has 0 radical (unpaired) electrons. The Kier molecular flexibility index (Phi) is 7.19. The van der Waals surface area contributed by atoms with Crippen LogP contribution in [0.4, 0.5) is 5.69 Å². The second kappa shape index (κ2) is 10.7. The Morgan fingerprint density at radius 3 is 2.41 bits per heavy atom. The summed E-state index contributed by atoms with van der Waals surface area (Å²) in [4.78, 5) is 28.4. The van der Waals surface area contributed by atoms with Crippen LogP contribution in [0, 0.1) is 5.92 Å². The average Bonchev–Trinajstić information content (AvgIpc) is 3.49. The number of rotatable bonds is 8. The molecule has 5 rings (SSSR count). The number of Topliss-reactive ketones (excluding diaryl/α,β-unsaturated/α-hetero) is 1. The molecule has 0 aromatic heterocycles. The minimum atomic E-state index is -0.890. The first-order chi connectivity index (χ1) is 18.7. The normalized spacial score (nSPS) is 17.8. The first-order valence-electron chi connectivity index (χ1n) is 12.9. The third-order valence-corrected chi connectivity index (χ3v) is 6.34. The summed E-state index contributed by atoms with van der Waals surface area (Å²) in [6.07, 6.45) is -0.0136. The van der Waals surface area contributed by atoms with Gasteiger partial charge in [-0.3, -0.25) is 14.5 Å². The molecule has 0 aliphatic carbocycles. The Hall–Kier alpha value is -4.46. The summed E-state index contributed by atoms with van der Waals surface area (Å²) in [7, 11) is 0. The van der Waals surface area contributed by atoms with E-state index in [-0.39, 0.29) is 24.2 Å². The fraction of sp³-hybridized carbons (Fsp3) is 0.290. The number of aliphatic hydroxyl groups excluding tert-OH is 1. The molecule has 0 bridgehead atoms. The third-order valence-electron chi connectivity index (χ3n) is 6.34. The standard InChI is InChI=1S/C31H31NO7/c1-18(2)16-36-24-7-5-6-21(14-24)29(33)27-28(20-8-11-23(12-9-20)39-19(3)4)32(31(35)30(27)34)22-10-13-25-26(15-22)38-17-37-25/h5-15,18-19,28,33H,16-17H2,1-4H3/b29-27+. The Bertz CT molecular complexity index is 1430. The molecule has 2 heterocycles. The Morgan fingerprint density at radius 1 is 0.949 bits per heavy atom. The van der Waals surface area contributed by atoms with Crippen LogP contribution in [0.1, 0.15) is 44.9 Å². The van der Waals surface area contributed by atoms with Crippen LogP contribution >= 0.6 is 0 Å². The molecule has 8 nitrogen and oxygen atoms in total. The van der Waals surface area contributed by atoms with Crippen LogP contribution in [-0.4, -0.2) is 36.3 Å². The van der Waals surface area contributed by atoms with Crippen LogP contribution < -0.4 is 23.8 Å². The number of ether oxygens (including phenoxy) is 4. The van der Waals surface area contributed by atoms with Crippen LogP contribution in [0.2, 0.25) is 0 Å². The molecule has 1 fully saturated rings. The first kappa shape index (κ1) is 26.2. The fourth-order valence-electron chi connectivity index (χ4n) is 4.60. The minimum absolute atomic E-state index is 0.0136. The zero-order chi connectivity index (χ0) is 27.7. The lowest BCUT2D eigenvalue weighted by Crippen LogP contribution is -2.29. The fourth-order valence-corrected chi connectivity index (χ4v) is 4.60. The van der Waals surface area contributed by atoms with E-state index in [9.17, 15) is 14.7 Å². The summed E-state index contributed by atoms with van der Waals surface area (Å²) in [6.45, 7) is 8.53. The molecular formula is C31H31NO7. The molecule has 1 unspecified atom stereocenters. The van der Waals surface area contributed by atoms with Gasteiger partial charge in [-0.25, -0.2) is 0 Å². The van der Waals surface area contributed by atoms with E-state index in [0.29, 0.717) is 52.3 Å². The van der Waals surface area contributed by atoms with Crippen LogP contribution in [-0.2, 0) is 9.59 Å². The molecule has 2 aliphatic rings. The second-order valence-electron chi connectivity index (χ2n) is 10.2. The lowest BCUT2D eigenvalue weighted by molar-refractivity contribution is -0.132. The summed E-state index contributed by atoms with van der Waals surface area (Å²) in [6, 6.07) is 18.2. The van der Waals surface area contributed by atoms with Crippen molar-refractivity contribution in [2.24, 2.45) is 5.92 Å². The molecule has 1 saturated heterocycles. The zero-order valence-electron chi connectivity index (χ0n) is 22.3. The van der Waals surface area contributed by atoms with E-state index in [2.05, 4.69) is 0 Å². The number of ketones is 1. The van der Waals surface area contributed by atoms with Crippen LogP contribution in [0.3, 0.4) is 0 Å². The van der Waals surface area contributed by atoms with E-state index in [1.165, 1.54) is 4.90 Å². The number of aliphatic hydroxyl groups is 1. The highest BCUT2D eigenvalue weighted by Gasteiger charge is 2.47. The maximum absolute atomic E-state index is 13.5. The van der Waals surface area contributed by atoms with Crippen molar-refractivity contribution in [1.82, 2.24) is 0 Å². The van der Waals surface area contributed by atoms with Crippen molar-refractivity contribution in [2.45, 2.75) is 39.8 Å². The van der Waals surface area contributed by atoms with E-state index < -0.39 is 17.7 Å². The van der Waals surface area contributed by atoms with Crippen molar-refractivity contribution >= 4 is 23.1 Å². The van der Waals surface area contributed by atoms with Gasteiger partial charge in [0, 0.05) is 17.3 Å². The van der Waals surface area contributed by atoms with Gasteiger partial charge in [0.15, 0.2) is 11.5 Å². The van der Waals surface area contributed by atoms with E-state index in [0.717, 1.165) is 0 Å². The topological polar surface area (TPSA) is 94.5 Å². The summed E-state index contributed by atoms with van der Waals surface area (Å²) in [5.74, 6) is 0.745. The van der Waals surface area contributed by atoms with Gasteiger partial charge in [0.1, 0.15) is 17.3 Å². The molecule has 202 valence electrons. The molecule has 2 aliphatic heterocycles. The second-order valence-corrected chi connectivity index (χ2v) is 10.2. The summed E-state index contributed by atoms with van der Waals surface area (Å²) in [5.41, 5.74) is 1.44. The van der Waals surface area contributed by atoms with Gasteiger partial charge in [0.25, 0.3) is 11.7 Å². The number of fused-ring (bicyclic) bond motifs is 1. The molecule has 1 amide bonds. The van der Waals surface area contributed by atoms with E-state index in [1.807, 2.05) is 27.7 Å². The lowest BCUT2D eigenvalue weighted by atomic mass is 9.95. The molecule has 8 heteroatoms. The molecule has 39 heavy (non-hydrogen) atoms. The number of carbonyl (C=O) groups excluding carboxylic acids is 2. The maximum Gasteiger partial charge on any atom is 0.300 e. The molecule has 0 saturated carbocycles. The Morgan fingerprint density at radius 2 is 1.69 bits per heavy atom. The number of nitrogens with zero attached hydrogens (tertiary/aromatic N) is 1. The van der Waals surface area contributed by atoms with Crippen LogP contribution in [0.5, 0.6) is 23.0 Å². The highest BCUT2D eigenvalue weighted by molar-refractivity contribution is 6.51. The molecule has 1 N–H and O–H groups in total. The largest absolute Gasteiger partial charge is 0.507 e. The lowest BCUT2D eigenvalue weighted by Gasteiger charge is -2.26. The number of amides is 1. The van der Waals surface area contributed by atoms with Crippen molar-refractivity contribution in [1.29, 1.82) is 0 Å². The van der Waals surface area contributed by atoms with Gasteiger partial charge in [-0.1, -0.05) is 38.1 Å². The third kappa shape index (κ3) is 5.27. The molecule has 1 atom stereocenters. The Labute approximate surface area is 227 Å². The van der Waals surface area contributed by atoms with Crippen LogP contribution in [0.25, 0.3) is 5.76 Å². The molecular weight excluding hydrogens is 498 g/mol. The predicted octanol–water partition coefficient (Wildman–Crippen LogP) is 5.86. The highest BCUT2D eigenvalue weighted by atomic mass is 16.7. The van der Waals surface area contributed by atoms with Gasteiger partial charge in [0.05, 0.1) is 24.3 Å². The number of anilines is 1. The predicted molar refractivity (Wildman–Crippen MR) is 146 cm³/mol. The van der Waals surface area contributed by atoms with Crippen molar-refractivity contribution in [2.75, 3.05) is 18.3 Å². The van der Waals surface area contributed by atoms with E-state index in [4.69, 9.17) is 18.9 Å². The van der Waals surface area contributed by atoms with Crippen molar-refractivity contribution in [3.63, 3.8) is 0 Å². The van der Waals surface area contributed by atoms with Gasteiger partial charge in [0.2, 0.25) is 6.79 Å². The van der Waals surface area contributed by atoms with E-state index in [1.54, 1.807) is 66.7 Å². The first-order valence-corrected chi connectivity index (χ1v) is 12.9. The maximum atomic E-state index is 13.5. The number of carbonyl (C=O) groups is 2. The molecule has 3 aromatic rings. The minimum Gasteiger partial charge on any atom is -0.507 e. The molecule has 3 aromatic carbocycles. The van der Waals surface area contributed by atoms with E-state index >= 15 is 0 Å².